The molecule has 1 aliphatic heterocycles. The van der Waals surface area contributed by atoms with Crippen molar-refractivity contribution in [1.82, 2.24) is 4.90 Å². The van der Waals surface area contributed by atoms with Crippen LogP contribution in [0.1, 0.15) is 23.7 Å². The first-order valence-electron chi connectivity index (χ1n) is 5.91. The van der Waals surface area contributed by atoms with E-state index < -0.39 is 29.7 Å². The van der Waals surface area contributed by atoms with Crippen LogP contribution < -0.4 is 0 Å². The molecule has 1 fully saturated rings. The maximum atomic E-state index is 13.7. The van der Waals surface area contributed by atoms with Crippen molar-refractivity contribution < 1.29 is 19.1 Å². The van der Waals surface area contributed by atoms with Crippen molar-refractivity contribution in [3.05, 3.63) is 34.1 Å². The minimum atomic E-state index is -0.921. The Bertz CT molecular complexity index is 514. The van der Waals surface area contributed by atoms with Crippen LogP contribution in [0.3, 0.4) is 0 Å². The van der Waals surface area contributed by atoms with Crippen molar-refractivity contribution in [2.45, 2.75) is 19.4 Å². The first kappa shape index (κ1) is 14.0. The second-order valence-electron chi connectivity index (χ2n) is 4.57. The average Bonchev–Trinajstić information content (AvgIpc) is 2.70. The van der Waals surface area contributed by atoms with E-state index in [1.54, 1.807) is 13.0 Å². The number of carbonyl (C=O) groups is 2. The third-order valence-corrected chi connectivity index (χ3v) is 4.17. The van der Waals surface area contributed by atoms with Crippen molar-refractivity contribution >= 4 is 27.8 Å². The van der Waals surface area contributed by atoms with Crippen LogP contribution in [0.4, 0.5) is 4.39 Å². The molecule has 0 aliphatic carbocycles. The lowest BCUT2D eigenvalue weighted by Gasteiger charge is -2.24. The molecule has 1 saturated heterocycles. The SMILES string of the molecule is CC1C(C(=O)O)CCN1C(=O)c1c(F)cccc1Br. The molecule has 1 heterocycles. The van der Waals surface area contributed by atoms with Crippen LogP contribution in [0, 0.1) is 11.7 Å². The van der Waals surface area contributed by atoms with E-state index in [2.05, 4.69) is 15.9 Å². The smallest absolute Gasteiger partial charge is 0.308 e. The van der Waals surface area contributed by atoms with Crippen molar-refractivity contribution in [2.24, 2.45) is 5.92 Å². The molecule has 1 aliphatic rings. The summed E-state index contributed by atoms with van der Waals surface area (Å²) in [4.78, 5) is 24.8. The van der Waals surface area contributed by atoms with E-state index in [0.717, 1.165) is 0 Å². The Morgan fingerprint density at radius 3 is 2.68 bits per heavy atom. The molecule has 1 N–H and O–H groups in total. The summed E-state index contributed by atoms with van der Waals surface area (Å²) in [7, 11) is 0. The lowest BCUT2D eigenvalue weighted by Crippen LogP contribution is -2.38. The highest BCUT2D eigenvalue weighted by Crippen LogP contribution is 2.29. The van der Waals surface area contributed by atoms with Crippen molar-refractivity contribution in [2.75, 3.05) is 6.54 Å². The summed E-state index contributed by atoms with van der Waals surface area (Å²) < 4.78 is 14.1. The number of likely N-dealkylation sites (tertiary alicyclic amines) is 1. The number of hydrogen-bond donors (Lipinski definition) is 1. The third-order valence-electron chi connectivity index (χ3n) is 3.51. The molecule has 6 heteroatoms. The number of nitrogens with zero attached hydrogens (tertiary/aromatic N) is 1. The van der Waals surface area contributed by atoms with Gasteiger partial charge in [0.05, 0.1) is 11.5 Å². The second kappa shape index (κ2) is 5.28. The molecule has 1 amide bonds. The summed E-state index contributed by atoms with van der Waals surface area (Å²) in [6.45, 7) is 2.01. The van der Waals surface area contributed by atoms with Gasteiger partial charge in [-0.3, -0.25) is 9.59 Å². The number of carbonyl (C=O) groups excluding carboxylic acids is 1. The van der Waals surface area contributed by atoms with Gasteiger partial charge in [0.25, 0.3) is 5.91 Å². The van der Waals surface area contributed by atoms with Gasteiger partial charge in [-0.05, 0) is 41.4 Å². The van der Waals surface area contributed by atoms with Gasteiger partial charge < -0.3 is 10.0 Å². The molecular weight excluding hydrogens is 317 g/mol. The summed E-state index contributed by atoms with van der Waals surface area (Å²) >= 11 is 3.15. The van der Waals surface area contributed by atoms with E-state index in [0.29, 0.717) is 17.4 Å². The Morgan fingerprint density at radius 1 is 1.47 bits per heavy atom. The Labute approximate surface area is 118 Å². The summed E-state index contributed by atoms with van der Waals surface area (Å²) in [5.74, 6) is -2.59. The highest BCUT2D eigenvalue weighted by Gasteiger charge is 2.39. The molecule has 2 unspecified atom stereocenters. The topological polar surface area (TPSA) is 57.6 Å². The highest BCUT2D eigenvalue weighted by molar-refractivity contribution is 9.10. The molecule has 2 rings (SSSR count). The van der Waals surface area contributed by atoms with E-state index in [9.17, 15) is 14.0 Å². The number of amides is 1. The number of benzene rings is 1. The Kier molecular flexibility index (Phi) is 3.89. The summed E-state index contributed by atoms with van der Waals surface area (Å²) in [5.41, 5.74) is -0.0413. The largest absolute Gasteiger partial charge is 0.481 e. The number of carboxylic acid groups (broad SMARTS) is 1. The van der Waals surface area contributed by atoms with E-state index >= 15 is 0 Å². The van der Waals surface area contributed by atoms with E-state index in [1.165, 1.54) is 17.0 Å². The normalized spacial score (nSPS) is 22.6. The predicted octanol–water partition coefficient (Wildman–Crippen LogP) is 2.52. The van der Waals surface area contributed by atoms with Gasteiger partial charge >= 0.3 is 5.97 Å². The fraction of sp³-hybridized carbons (Fsp3) is 0.385. The van der Waals surface area contributed by atoms with Crippen LogP contribution in [-0.4, -0.2) is 34.5 Å². The molecule has 0 aromatic heterocycles. The zero-order chi connectivity index (χ0) is 14.2. The number of rotatable bonds is 2. The lowest BCUT2D eigenvalue weighted by molar-refractivity contribution is -0.142. The Morgan fingerprint density at radius 2 is 2.16 bits per heavy atom. The highest BCUT2D eigenvalue weighted by atomic mass is 79.9. The van der Waals surface area contributed by atoms with Crippen molar-refractivity contribution in [1.29, 1.82) is 0 Å². The Balaban J connectivity index is 2.29. The van der Waals surface area contributed by atoms with Crippen molar-refractivity contribution in [3.63, 3.8) is 0 Å². The van der Waals surface area contributed by atoms with E-state index in [4.69, 9.17) is 5.11 Å². The monoisotopic (exact) mass is 329 g/mol. The van der Waals surface area contributed by atoms with Crippen LogP contribution >= 0.6 is 15.9 Å². The number of halogens is 2. The lowest BCUT2D eigenvalue weighted by atomic mass is 10.0. The zero-order valence-electron chi connectivity index (χ0n) is 10.3. The third kappa shape index (κ3) is 2.49. The van der Waals surface area contributed by atoms with Crippen LogP contribution in [0.2, 0.25) is 0 Å². The fourth-order valence-electron chi connectivity index (χ4n) is 2.40. The van der Waals surface area contributed by atoms with Gasteiger partial charge in [-0.15, -0.1) is 0 Å². The molecule has 0 spiro atoms. The van der Waals surface area contributed by atoms with Crippen LogP contribution in [0.25, 0.3) is 0 Å². The maximum absolute atomic E-state index is 13.7. The molecule has 1 aromatic rings. The van der Waals surface area contributed by atoms with Gasteiger partial charge in [-0.1, -0.05) is 6.07 Å². The van der Waals surface area contributed by atoms with Gasteiger partial charge in [0.2, 0.25) is 0 Å². The second-order valence-corrected chi connectivity index (χ2v) is 5.42. The number of carboxylic acids is 1. The minimum Gasteiger partial charge on any atom is -0.481 e. The van der Waals surface area contributed by atoms with Crippen LogP contribution in [0.5, 0.6) is 0 Å². The first-order chi connectivity index (χ1) is 8.93. The summed E-state index contributed by atoms with van der Waals surface area (Å²) in [6.07, 6.45) is 0.397. The molecule has 19 heavy (non-hydrogen) atoms. The quantitative estimate of drug-likeness (QED) is 0.907. The first-order valence-corrected chi connectivity index (χ1v) is 6.70. The van der Waals surface area contributed by atoms with Crippen LogP contribution in [0.15, 0.2) is 22.7 Å². The minimum absolute atomic E-state index is 0.0413. The molecule has 1 aromatic carbocycles. The number of aliphatic carboxylic acids is 1. The molecule has 0 saturated carbocycles. The average molecular weight is 330 g/mol. The molecule has 0 radical (unpaired) electrons. The maximum Gasteiger partial charge on any atom is 0.308 e. The molecule has 2 atom stereocenters. The van der Waals surface area contributed by atoms with Crippen molar-refractivity contribution in [3.8, 4) is 0 Å². The van der Waals surface area contributed by atoms with Gasteiger partial charge in [0, 0.05) is 17.1 Å². The summed E-state index contributed by atoms with van der Waals surface area (Å²) in [6, 6.07) is 3.87. The molecule has 102 valence electrons. The van der Waals surface area contributed by atoms with Gasteiger partial charge in [-0.2, -0.15) is 0 Å². The van der Waals surface area contributed by atoms with E-state index in [-0.39, 0.29) is 5.56 Å². The standard InChI is InChI=1S/C13H13BrFNO3/c1-7-8(13(18)19)5-6-16(7)12(17)11-9(14)3-2-4-10(11)15/h2-4,7-8H,5-6H2,1H3,(H,18,19). The Hall–Kier alpha value is -1.43. The summed E-state index contributed by atoms with van der Waals surface area (Å²) in [5, 5.41) is 9.04. The van der Waals surface area contributed by atoms with Gasteiger partial charge in [0.15, 0.2) is 0 Å². The van der Waals surface area contributed by atoms with Crippen LogP contribution in [-0.2, 0) is 4.79 Å². The fourth-order valence-corrected chi connectivity index (χ4v) is 2.91. The molecule has 0 bridgehead atoms. The van der Waals surface area contributed by atoms with Gasteiger partial charge in [-0.25, -0.2) is 4.39 Å². The number of hydrogen-bond acceptors (Lipinski definition) is 2. The molecular formula is C13H13BrFNO3. The molecule has 4 nitrogen and oxygen atoms in total. The van der Waals surface area contributed by atoms with Gasteiger partial charge in [0.1, 0.15) is 5.82 Å². The zero-order valence-corrected chi connectivity index (χ0v) is 11.9. The van der Waals surface area contributed by atoms with E-state index in [1.807, 2.05) is 0 Å². The predicted molar refractivity (Wildman–Crippen MR) is 70.3 cm³/mol.